The number of halogens is 1. The highest BCUT2D eigenvalue weighted by Crippen LogP contribution is 2.32. The maximum atomic E-state index is 10.9. The summed E-state index contributed by atoms with van der Waals surface area (Å²) in [5.41, 5.74) is 0.586. The van der Waals surface area contributed by atoms with Gasteiger partial charge in [0.25, 0.3) is 5.69 Å². The summed E-state index contributed by atoms with van der Waals surface area (Å²) in [5.74, 6) is 0.401. The predicted octanol–water partition coefficient (Wildman–Crippen LogP) is 2.11. The van der Waals surface area contributed by atoms with Crippen LogP contribution in [-0.2, 0) is 6.54 Å². The van der Waals surface area contributed by atoms with E-state index in [1.165, 1.54) is 6.07 Å². The average Bonchev–Trinajstić information content (AvgIpc) is 3.14. The lowest BCUT2D eigenvalue weighted by Crippen LogP contribution is -2.28. The Bertz CT molecular complexity index is 449. The molecular formula is C12H15ClN2O3. The summed E-state index contributed by atoms with van der Waals surface area (Å²) in [6.07, 6.45) is 1.80. The molecule has 1 atom stereocenters. The Morgan fingerprint density at radius 3 is 2.89 bits per heavy atom. The summed E-state index contributed by atoms with van der Waals surface area (Å²) >= 11 is 5.73. The van der Waals surface area contributed by atoms with Crippen molar-refractivity contribution in [3.8, 4) is 0 Å². The first-order valence-electron chi connectivity index (χ1n) is 5.89. The second kappa shape index (κ2) is 5.65. The molecule has 1 saturated carbocycles. The van der Waals surface area contributed by atoms with Gasteiger partial charge in [0.15, 0.2) is 0 Å². The lowest BCUT2D eigenvalue weighted by atomic mass is 10.1. The molecule has 98 valence electrons. The van der Waals surface area contributed by atoms with Gasteiger partial charge >= 0.3 is 0 Å². The van der Waals surface area contributed by atoms with Gasteiger partial charge < -0.3 is 10.4 Å². The maximum Gasteiger partial charge on any atom is 0.275 e. The zero-order chi connectivity index (χ0) is 13.1. The number of aliphatic hydroxyl groups is 1. The number of rotatable bonds is 6. The summed E-state index contributed by atoms with van der Waals surface area (Å²) < 4.78 is 0. The van der Waals surface area contributed by atoms with Gasteiger partial charge in [-0.05, 0) is 30.9 Å². The Kier molecular flexibility index (Phi) is 4.16. The minimum atomic E-state index is -0.444. The van der Waals surface area contributed by atoms with Gasteiger partial charge in [-0.25, -0.2) is 0 Å². The highest BCUT2D eigenvalue weighted by Gasteiger charge is 2.29. The number of benzene rings is 1. The van der Waals surface area contributed by atoms with Gasteiger partial charge in [0.1, 0.15) is 0 Å². The van der Waals surface area contributed by atoms with Crippen molar-refractivity contribution >= 4 is 17.3 Å². The van der Waals surface area contributed by atoms with E-state index in [0.717, 1.165) is 12.8 Å². The fraction of sp³-hybridized carbons (Fsp3) is 0.500. The van der Waals surface area contributed by atoms with Crippen LogP contribution < -0.4 is 5.32 Å². The molecule has 0 saturated heterocycles. The van der Waals surface area contributed by atoms with Crippen molar-refractivity contribution in [2.24, 2.45) is 5.92 Å². The second-order valence-corrected chi connectivity index (χ2v) is 5.00. The van der Waals surface area contributed by atoms with E-state index in [1.807, 2.05) is 0 Å². The van der Waals surface area contributed by atoms with Gasteiger partial charge in [-0.1, -0.05) is 11.6 Å². The number of hydrogen-bond acceptors (Lipinski definition) is 4. The molecule has 6 heteroatoms. The van der Waals surface area contributed by atoms with Crippen molar-refractivity contribution < 1.29 is 10.0 Å². The third-order valence-electron chi connectivity index (χ3n) is 3.08. The highest BCUT2D eigenvalue weighted by molar-refractivity contribution is 6.30. The fourth-order valence-electron chi connectivity index (χ4n) is 1.86. The quantitative estimate of drug-likeness (QED) is 0.613. The van der Waals surface area contributed by atoms with E-state index >= 15 is 0 Å². The van der Waals surface area contributed by atoms with E-state index in [9.17, 15) is 15.2 Å². The Balaban J connectivity index is 1.93. The summed E-state index contributed by atoms with van der Waals surface area (Å²) in [4.78, 5) is 10.4. The zero-order valence-corrected chi connectivity index (χ0v) is 10.6. The second-order valence-electron chi connectivity index (χ2n) is 4.57. The molecule has 1 aliphatic rings. The molecule has 0 heterocycles. The lowest BCUT2D eigenvalue weighted by Gasteiger charge is -2.10. The fourth-order valence-corrected chi connectivity index (χ4v) is 2.03. The first-order chi connectivity index (χ1) is 8.58. The van der Waals surface area contributed by atoms with Gasteiger partial charge in [0.05, 0.1) is 11.0 Å². The molecule has 2 N–H and O–H groups in total. The van der Waals surface area contributed by atoms with Crippen molar-refractivity contribution in [2.45, 2.75) is 25.5 Å². The molecule has 0 aromatic heterocycles. The van der Waals surface area contributed by atoms with E-state index < -0.39 is 4.92 Å². The van der Waals surface area contributed by atoms with Gasteiger partial charge in [-0.15, -0.1) is 0 Å². The standard InChI is InChI=1S/C12H15ClN2O3/c13-10-4-3-9(11(5-10)15(17)18)6-14-7-12(16)8-1-2-8/h3-5,8,12,14,16H,1-2,6-7H2. The van der Waals surface area contributed by atoms with Crippen LogP contribution in [0.3, 0.4) is 0 Å². The first kappa shape index (κ1) is 13.3. The Hall–Kier alpha value is -1.17. The van der Waals surface area contributed by atoms with Crippen LogP contribution in [0.4, 0.5) is 5.69 Å². The average molecular weight is 271 g/mol. The molecule has 1 aliphatic carbocycles. The number of nitro groups is 1. The van der Waals surface area contributed by atoms with Gasteiger partial charge in [0, 0.05) is 29.7 Å². The van der Waals surface area contributed by atoms with E-state index in [4.69, 9.17) is 11.6 Å². The Morgan fingerprint density at radius 2 is 2.28 bits per heavy atom. The van der Waals surface area contributed by atoms with Gasteiger partial charge in [0.2, 0.25) is 0 Å². The molecule has 0 aliphatic heterocycles. The van der Waals surface area contributed by atoms with E-state index in [2.05, 4.69) is 5.32 Å². The third-order valence-corrected chi connectivity index (χ3v) is 3.31. The molecule has 0 spiro atoms. The van der Waals surface area contributed by atoms with Crippen LogP contribution in [0.25, 0.3) is 0 Å². The molecule has 2 rings (SSSR count). The highest BCUT2D eigenvalue weighted by atomic mass is 35.5. The number of nitro benzene ring substituents is 1. The van der Waals surface area contributed by atoms with Crippen LogP contribution in [0.15, 0.2) is 18.2 Å². The summed E-state index contributed by atoms with van der Waals surface area (Å²) in [7, 11) is 0. The molecule has 0 amide bonds. The molecule has 1 fully saturated rings. The van der Waals surface area contributed by atoms with Crippen molar-refractivity contribution in [1.82, 2.24) is 5.32 Å². The summed E-state index contributed by atoms with van der Waals surface area (Å²) in [6.45, 7) is 0.821. The van der Waals surface area contributed by atoms with Crippen LogP contribution in [0.2, 0.25) is 5.02 Å². The van der Waals surface area contributed by atoms with Crippen LogP contribution in [0.1, 0.15) is 18.4 Å². The molecular weight excluding hydrogens is 256 g/mol. The van der Waals surface area contributed by atoms with Crippen molar-refractivity contribution in [1.29, 1.82) is 0 Å². The number of hydrogen-bond donors (Lipinski definition) is 2. The smallest absolute Gasteiger partial charge is 0.275 e. The van der Waals surface area contributed by atoms with Crippen LogP contribution in [0.5, 0.6) is 0 Å². The topological polar surface area (TPSA) is 75.4 Å². The normalized spacial score (nSPS) is 16.6. The van der Waals surface area contributed by atoms with Crippen molar-refractivity contribution in [2.75, 3.05) is 6.54 Å². The molecule has 1 aromatic carbocycles. The maximum absolute atomic E-state index is 10.9. The van der Waals surface area contributed by atoms with E-state index in [0.29, 0.717) is 29.6 Å². The molecule has 0 bridgehead atoms. The van der Waals surface area contributed by atoms with E-state index in [-0.39, 0.29) is 11.8 Å². The summed E-state index contributed by atoms with van der Waals surface area (Å²) in [6, 6.07) is 4.61. The molecule has 0 radical (unpaired) electrons. The minimum Gasteiger partial charge on any atom is -0.392 e. The first-order valence-corrected chi connectivity index (χ1v) is 6.27. The van der Waals surface area contributed by atoms with Crippen LogP contribution in [-0.4, -0.2) is 22.7 Å². The summed E-state index contributed by atoms with van der Waals surface area (Å²) in [5, 5.41) is 23.9. The van der Waals surface area contributed by atoms with Gasteiger partial charge in [-0.2, -0.15) is 0 Å². The molecule has 18 heavy (non-hydrogen) atoms. The largest absolute Gasteiger partial charge is 0.392 e. The monoisotopic (exact) mass is 270 g/mol. The Morgan fingerprint density at radius 1 is 1.56 bits per heavy atom. The zero-order valence-electron chi connectivity index (χ0n) is 9.80. The van der Waals surface area contributed by atoms with Crippen molar-refractivity contribution in [3.05, 3.63) is 38.9 Å². The number of nitrogens with one attached hydrogen (secondary N) is 1. The SMILES string of the molecule is O=[N+]([O-])c1cc(Cl)ccc1CNCC(O)C1CC1. The van der Waals surface area contributed by atoms with Gasteiger partial charge in [-0.3, -0.25) is 10.1 Å². The third kappa shape index (κ3) is 3.41. The van der Waals surface area contributed by atoms with Crippen LogP contribution >= 0.6 is 11.6 Å². The number of aliphatic hydroxyl groups excluding tert-OH is 1. The molecule has 1 aromatic rings. The van der Waals surface area contributed by atoms with Crippen LogP contribution in [0, 0.1) is 16.0 Å². The predicted molar refractivity (Wildman–Crippen MR) is 68.5 cm³/mol. The van der Waals surface area contributed by atoms with E-state index in [1.54, 1.807) is 12.1 Å². The van der Waals surface area contributed by atoms with Crippen molar-refractivity contribution in [3.63, 3.8) is 0 Å². The minimum absolute atomic E-state index is 0.0101. The Labute approximate surface area is 110 Å². The lowest BCUT2D eigenvalue weighted by molar-refractivity contribution is -0.385. The number of nitrogens with zero attached hydrogens (tertiary/aromatic N) is 1. The molecule has 1 unspecified atom stereocenters. The molecule has 5 nitrogen and oxygen atoms in total.